The minimum atomic E-state index is -1.16. The number of hydrogen-bond acceptors (Lipinski definition) is 3. The molecule has 0 aliphatic heterocycles. The lowest BCUT2D eigenvalue weighted by molar-refractivity contribution is 0.0687. The fourth-order valence-corrected chi connectivity index (χ4v) is 0.931. The molecule has 0 aliphatic rings. The van der Waals surface area contributed by atoms with Crippen LogP contribution in [0, 0.1) is 0 Å². The van der Waals surface area contributed by atoms with Crippen LogP contribution < -0.4 is 5.56 Å². The molecule has 1 aromatic heterocycles. The molecule has 1 N–H and O–H groups in total. The maximum Gasteiger partial charge on any atom is 0.356 e. The summed E-state index contributed by atoms with van der Waals surface area (Å²) >= 11 is 0. The molecule has 5 nitrogen and oxygen atoms in total. The zero-order chi connectivity index (χ0) is 10.7. The molecular weight excluding hydrogens is 184 g/mol. The number of carbonyl (C=O) groups is 1. The first-order chi connectivity index (χ1) is 6.56. The van der Waals surface area contributed by atoms with Crippen molar-refractivity contribution in [1.82, 2.24) is 9.78 Å². The third-order valence-electron chi connectivity index (χ3n) is 1.77. The summed E-state index contributed by atoms with van der Waals surface area (Å²) in [6, 6.07) is 2.04. The summed E-state index contributed by atoms with van der Waals surface area (Å²) in [5, 5.41) is 12.3. The van der Waals surface area contributed by atoms with Gasteiger partial charge in [0.2, 0.25) is 0 Å². The van der Waals surface area contributed by atoms with Gasteiger partial charge in [0.15, 0.2) is 5.69 Å². The SMILES string of the molecule is C=CC(C)n1nc(C(=O)O)ccc1=O. The van der Waals surface area contributed by atoms with Gasteiger partial charge < -0.3 is 5.11 Å². The van der Waals surface area contributed by atoms with Gasteiger partial charge in [-0.25, -0.2) is 9.48 Å². The molecule has 0 bridgehead atoms. The molecule has 0 amide bonds. The van der Waals surface area contributed by atoms with Gasteiger partial charge in [0.05, 0.1) is 6.04 Å². The van der Waals surface area contributed by atoms with Crippen LogP contribution in [0.25, 0.3) is 0 Å². The summed E-state index contributed by atoms with van der Waals surface area (Å²) in [5.74, 6) is -1.16. The summed E-state index contributed by atoms with van der Waals surface area (Å²) in [5.41, 5.74) is -0.499. The van der Waals surface area contributed by atoms with Crippen molar-refractivity contribution in [2.24, 2.45) is 0 Å². The van der Waals surface area contributed by atoms with E-state index < -0.39 is 5.97 Å². The van der Waals surface area contributed by atoms with Crippen molar-refractivity contribution in [3.63, 3.8) is 0 Å². The molecular formula is C9H10N2O3. The van der Waals surface area contributed by atoms with E-state index in [1.54, 1.807) is 6.92 Å². The smallest absolute Gasteiger partial charge is 0.356 e. The Labute approximate surface area is 80.3 Å². The van der Waals surface area contributed by atoms with Gasteiger partial charge in [-0.1, -0.05) is 6.08 Å². The largest absolute Gasteiger partial charge is 0.476 e. The molecule has 0 saturated heterocycles. The van der Waals surface area contributed by atoms with Crippen LogP contribution in [-0.4, -0.2) is 20.9 Å². The first kappa shape index (κ1) is 10.2. The number of carboxylic acid groups (broad SMARTS) is 1. The Balaban J connectivity index is 3.28. The Kier molecular flexibility index (Phi) is 2.81. The van der Waals surface area contributed by atoms with E-state index in [2.05, 4.69) is 11.7 Å². The Morgan fingerprint density at radius 2 is 2.36 bits per heavy atom. The average molecular weight is 194 g/mol. The molecule has 0 aromatic carbocycles. The Hall–Kier alpha value is -1.91. The molecule has 1 unspecified atom stereocenters. The van der Waals surface area contributed by atoms with Gasteiger partial charge in [-0.3, -0.25) is 4.79 Å². The van der Waals surface area contributed by atoms with Crippen molar-refractivity contribution in [2.75, 3.05) is 0 Å². The lowest BCUT2D eigenvalue weighted by atomic mass is 10.3. The molecule has 74 valence electrons. The Morgan fingerprint density at radius 3 is 2.86 bits per heavy atom. The topological polar surface area (TPSA) is 72.2 Å². The predicted molar refractivity (Wildman–Crippen MR) is 50.4 cm³/mol. The van der Waals surface area contributed by atoms with Gasteiger partial charge in [0.25, 0.3) is 5.56 Å². The fourth-order valence-electron chi connectivity index (χ4n) is 0.931. The van der Waals surface area contributed by atoms with E-state index in [4.69, 9.17) is 5.11 Å². The Morgan fingerprint density at radius 1 is 1.71 bits per heavy atom. The van der Waals surface area contributed by atoms with Crippen molar-refractivity contribution in [1.29, 1.82) is 0 Å². The number of allylic oxidation sites excluding steroid dienone is 1. The monoisotopic (exact) mass is 194 g/mol. The molecule has 0 fully saturated rings. The van der Waals surface area contributed by atoms with Crippen LogP contribution >= 0.6 is 0 Å². The number of aromatic carboxylic acids is 1. The second-order valence-electron chi connectivity index (χ2n) is 2.78. The molecule has 0 spiro atoms. The van der Waals surface area contributed by atoms with Crippen LogP contribution in [0.4, 0.5) is 0 Å². The lowest BCUT2D eigenvalue weighted by Gasteiger charge is -2.08. The maximum atomic E-state index is 11.3. The highest BCUT2D eigenvalue weighted by molar-refractivity contribution is 5.84. The molecule has 0 saturated carbocycles. The van der Waals surface area contributed by atoms with Crippen LogP contribution in [0.3, 0.4) is 0 Å². The minimum absolute atomic E-state index is 0.154. The van der Waals surface area contributed by atoms with E-state index in [1.165, 1.54) is 18.2 Å². The third kappa shape index (κ3) is 1.87. The van der Waals surface area contributed by atoms with Crippen molar-refractivity contribution in [3.05, 3.63) is 40.8 Å². The van der Waals surface area contributed by atoms with E-state index in [0.717, 1.165) is 4.68 Å². The molecule has 1 heterocycles. The predicted octanol–water partition coefficient (Wildman–Crippen LogP) is 0.688. The summed E-state index contributed by atoms with van der Waals surface area (Å²) in [6.07, 6.45) is 1.51. The summed E-state index contributed by atoms with van der Waals surface area (Å²) in [7, 11) is 0. The van der Waals surface area contributed by atoms with Gasteiger partial charge in [0.1, 0.15) is 0 Å². The molecule has 5 heteroatoms. The van der Waals surface area contributed by atoms with Gasteiger partial charge in [-0.2, -0.15) is 5.10 Å². The number of carboxylic acids is 1. The van der Waals surface area contributed by atoms with Crippen LogP contribution in [0.5, 0.6) is 0 Å². The summed E-state index contributed by atoms with van der Waals surface area (Å²) in [6.45, 7) is 5.21. The summed E-state index contributed by atoms with van der Waals surface area (Å²) in [4.78, 5) is 21.8. The van der Waals surface area contributed by atoms with Crippen LogP contribution in [0.2, 0.25) is 0 Å². The van der Waals surface area contributed by atoms with E-state index in [0.29, 0.717) is 0 Å². The fraction of sp³-hybridized carbons (Fsp3) is 0.222. The van der Waals surface area contributed by atoms with Crippen molar-refractivity contribution < 1.29 is 9.90 Å². The number of aromatic nitrogens is 2. The molecule has 1 rings (SSSR count). The number of hydrogen-bond donors (Lipinski definition) is 1. The lowest BCUT2D eigenvalue weighted by Crippen LogP contribution is -2.26. The highest BCUT2D eigenvalue weighted by Crippen LogP contribution is 2.00. The molecule has 14 heavy (non-hydrogen) atoms. The molecule has 0 aliphatic carbocycles. The number of nitrogens with zero attached hydrogens (tertiary/aromatic N) is 2. The highest BCUT2D eigenvalue weighted by Gasteiger charge is 2.09. The van der Waals surface area contributed by atoms with Gasteiger partial charge in [-0.15, -0.1) is 6.58 Å². The molecule has 1 aromatic rings. The van der Waals surface area contributed by atoms with Crippen LogP contribution in [-0.2, 0) is 0 Å². The van der Waals surface area contributed by atoms with Gasteiger partial charge in [-0.05, 0) is 13.0 Å². The first-order valence-corrected chi connectivity index (χ1v) is 4.02. The van der Waals surface area contributed by atoms with E-state index in [9.17, 15) is 9.59 Å². The van der Waals surface area contributed by atoms with Gasteiger partial charge >= 0.3 is 5.97 Å². The highest BCUT2D eigenvalue weighted by atomic mass is 16.4. The number of rotatable bonds is 3. The Bertz CT molecular complexity index is 422. The molecule has 0 radical (unpaired) electrons. The van der Waals surface area contributed by atoms with Crippen LogP contribution in [0.15, 0.2) is 29.6 Å². The second kappa shape index (κ2) is 3.87. The first-order valence-electron chi connectivity index (χ1n) is 4.02. The molecule has 1 atom stereocenters. The quantitative estimate of drug-likeness (QED) is 0.718. The van der Waals surface area contributed by atoms with Crippen molar-refractivity contribution >= 4 is 5.97 Å². The third-order valence-corrected chi connectivity index (χ3v) is 1.77. The van der Waals surface area contributed by atoms with Crippen LogP contribution in [0.1, 0.15) is 23.5 Å². The summed E-state index contributed by atoms with van der Waals surface area (Å²) < 4.78 is 1.08. The minimum Gasteiger partial charge on any atom is -0.476 e. The standard InChI is InChI=1S/C9H10N2O3/c1-3-6(2)11-8(12)5-4-7(10-11)9(13)14/h3-6H,1H2,2H3,(H,13,14). The maximum absolute atomic E-state index is 11.3. The second-order valence-corrected chi connectivity index (χ2v) is 2.78. The van der Waals surface area contributed by atoms with Crippen molar-refractivity contribution in [3.8, 4) is 0 Å². The van der Waals surface area contributed by atoms with E-state index in [-0.39, 0.29) is 17.3 Å². The normalized spacial score (nSPS) is 12.1. The zero-order valence-electron chi connectivity index (χ0n) is 7.67. The average Bonchev–Trinajstić information content (AvgIpc) is 2.17. The van der Waals surface area contributed by atoms with E-state index in [1.807, 2.05) is 0 Å². The van der Waals surface area contributed by atoms with Gasteiger partial charge in [0, 0.05) is 6.07 Å². The van der Waals surface area contributed by atoms with Crippen molar-refractivity contribution in [2.45, 2.75) is 13.0 Å². The van der Waals surface area contributed by atoms with E-state index >= 15 is 0 Å². The zero-order valence-corrected chi connectivity index (χ0v) is 7.67.